The van der Waals surface area contributed by atoms with Crippen LogP contribution in [0.3, 0.4) is 0 Å². The van der Waals surface area contributed by atoms with E-state index in [1.807, 2.05) is 18.2 Å². The highest BCUT2D eigenvalue weighted by Gasteiger charge is 2.32. The number of carboxylic acids is 1. The van der Waals surface area contributed by atoms with Crippen LogP contribution in [-0.2, 0) is 19.1 Å². The van der Waals surface area contributed by atoms with E-state index in [1.54, 1.807) is 0 Å². The second-order valence-electron chi connectivity index (χ2n) is 9.88. The summed E-state index contributed by atoms with van der Waals surface area (Å²) in [6.45, 7) is 5.65. The average Bonchev–Trinajstić information content (AvgIpc) is 3.38. The molecule has 0 unspecified atom stereocenters. The monoisotopic (exact) mass is 503 g/mol. The first-order valence-corrected chi connectivity index (χ1v) is 13.5. The Bertz CT molecular complexity index is 865. The number of ether oxygens (including phenoxy) is 3. The Labute approximate surface area is 214 Å². The molecule has 1 aromatic rings. The fourth-order valence-electron chi connectivity index (χ4n) is 4.97. The van der Waals surface area contributed by atoms with E-state index in [4.69, 9.17) is 19.3 Å². The molecule has 0 aromatic heterocycles. The number of rotatable bonds is 16. The Morgan fingerprint density at radius 1 is 0.972 bits per heavy atom. The fraction of sp³-hybridized carbons (Fsp3) is 0.679. The van der Waals surface area contributed by atoms with Crippen LogP contribution in [0.4, 0.5) is 0 Å². The Kier molecular flexibility index (Phi) is 11.5. The number of likely N-dealkylation sites (tertiary alicyclic amines) is 1. The number of hydrogen-bond donors (Lipinski definition) is 1. The van der Waals surface area contributed by atoms with Gasteiger partial charge in [0.2, 0.25) is 0 Å². The van der Waals surface area contributed by atoms with Gasteiger partial charge < -0.3 is 24.2 Å². The van der Waals surface area contributed by atoms with Crippen molar-refractivity contribution < 1.29 is 33.7 Å². The molecule has 2 aliphatic heterocycles. The van der Waals surface area contributed by atoms with Crippen molar-refractivity contribution in [2.24, 2.45) is 5.92 Å². The summed E-state index contributed by atoms with van der Waals surface area (Å²) in [5.74, 6) is -0.444. The Hall–Kier alpha value is -2.61. The third-order valence-corrected chi connectivity index (χ3v) is 6.86. The van der Waals surface area contributed by atoms with Crippen molar-refractivity contribution in [2.75, 3.05) is 32.8 Å². The van der Waals surface area contributed by atoms with Crippen LogP contribution in [0.2, 0.25) is 0 Å². The third kappa shape index (κ3) is 9.12. The second-order valence-corrected chi connectivity index (χ2v) is 9.88. The molecule has 36 heavy (non-hydrogen) atoms. The minimum Gasteiger partial charge on any atom is -0.486 e. The van der Waals surface area contributed by atoms with Gasteiger partial charge in [-0.1, -0.05) is 38.7 Å². The van der Waals surface area contributed by atoms with Gasteiger partial charge in [-0.15, -0.1) is 0 Å². The molecule has 2 atom stereocenters. The van der Waals surface area contributed by atoms with Gasteiger partial charge >= 0.3 is 11.9 Å². The van der Waals surface area contributed by atoms with Crippen LogP contribution in [0.5, 0.6) is 11.5 Å². The third-order valence-electron chi connectivity index (χ3n) is 6.86. The number of fused-ring (bicyclic) bond motifs is 1. The molecule has 200 valence electrons. The maximum atomic E-state index is 13.0. The summed E-state index contributed by atoms with van der Waals surface area (Å²) in [5, 5.41) is 9.01. The lowest BCUT2D eigenvalue weighted by Gasteiger charge is -2.31. The molecule has 0 saturated carbocycles. The van der Waals surface area contributed by atoms with Crippen molar-refractivity contribution >= 4 is 17.7 Å². The van der Waals surface area contributed by atoms with Gasteiger partial charge in [0.15, 0.2) is 11.5 Å². The summed E-state index contributed by atoms with van der Waals surface area (Å²) < 4.78 is 17.3. The van der Waals surface area contributed by atoms with Crippen molar-refractivity contribution in [1.82, 2.24) is 4.90 Å². The summed E-state index contributed by atoms with van der Waals surface area (Å²) >= 11 is 0. The summed E-state index contributed by atoms with van der Waals surface area (Å²) in [7, 11) is 0. The van der Waals surface area contributed by atoms with Crippen LogP contribution < -0.4 is 9.47 Å². The molecule has 0 bridgehead atoms. The van der Waals surface area contributed by atoms with E-state index in [0.717, 1.165) is 57.2 Å². The smallest absolute Gasteiger partial charge is 0.306 e. The number of nitrogens with zero attached hydrogens (tertiary/aromatic N) is 1. The molecule has 1 aromatic carbocycles. The molecule has 0 radical (unpaired) electrons. The van der Waals surface area contributed by atoms with Gasteiger partial charge in [-0.05, 0) is 50.0 Å². The zero-order valence-electron chi connectivity index (χ0n) is 21.5. The topological polar surface area (TPSA) is 102 Å². The van der Waals surface area contributed by atoms with E-state index < -0.39 is 18.0 Å². The lowest BCUT2D eigenvalue weighted by Crippen LogP contribution is -2.33. The van der Waals surface area contributed by atoms with Crippen molar-refractivity contribution in [3.05, 3.63) is 23.8 Å². The second kappa shape index (κ2) is 14.8. The van der Waals surface area contributed by atoms with Gasteiger partial charge in [0.1, 0.15) is 25.1 Å². The molecule has 0 amide bonds. The molecule has 2 heterocycles. The Morgan fingerprint density at radius 3 is 2.42 bits per heavy atom. The maximum Gasteiger partial charge on any atom is 0.306 e. The van der Waals surface area contributed by atoms with Crippen LogP contribution in [0.1, 0.15) is 89.2 Å². The number of esters is 1. The molecule has 8 heteroatoms. The zero-order chi connectivity index (χ0) is 25.8. The van der Waals surface area contributed by atoms with E-state index in [1.165, 1.54) is 6.42 Å². The molecule has 3 rings (SSSR count). The predicted molar refractivity (Wildman–Crippen MR) is 135 cm³/mol. The minimum atomic E-state index is -1.05. The summed E-state index contributed by atoms with van der Waals surface area (Å²) in [5.41, 5.74) is 0.739. The molecule has 1 saturated heterocycles. The number of hydrogen-bond acceptors (Lipinski definition) is 7. The van der Waals surface area contributed by atoms with Crippen LogP contribution in [-0.4, -0.2) is 60.6 Å². The quantitative estimate of drug-likeness (QED) is 0.250. The predicted octanol–water partition coefficient (Wildman–Crippen LogP) is 4.94. The van der Waals surface area contributed by atoms with E-state index in [9.17, 15) is 14.4 Å². The minimum absolute atomic E-state index is 0.180. The van der Waals surface area contributed by atoms with Crippen molar-refractivity contribution in [1.29, 1.82) is 0 Å². The first-order chi connectivity index (χ1) is 17.5. The highest BCUT2D eigenvalue weighted by molar-refractivity contribution is 5.79. The molecule has 1 N–H and O–H groups in total. The lowest BCUT2D eigenvalue weighted by atomic mass is 9.88. The van der Waals surface area contributed by atoms with Crippen LogP contribution in [0.15, 0.2) is 18.2 Å². The van der Waals surface area contributed by atoms with Gasteiger partial charge in [0, 0.05) is 25.3 Å². The Balaban J connectivity index is 1.79. The fourth-order valence-corrected chi connectivity index (χ4v) is 4.97. The number of Topliss-reactive ketones (excluding diaryl/α,β-unsaturated/α-hetero) is 1. The normalized spacial score (nSPS) is 16.9. The maximum absolute atomic E-state index is 13.0. The standard InChI is InChI=1S/C28H41NO7/c1-2-3-4-5-6-9-23(30)18-22(20-29-14-7-8-15-29)28(36-27(33)13-12-26(31)32)21-10-11-24-25(19-21)35-17-16-34-24/h10-11,19,22,28H,2-9,12-18,20H2,1H3,(H,31,32)/t22-,28-/m1/s1. The van der Waals surface area contributed by atoms with Gasteiger partial charge in [-0.2, -0.15) is 0 Å². The van der Waals surface area contributed by atoms with Gasteiger partial charge in [-0.25, -0.2) is 0 Å². The largest absolute Gasteiger partial charge is 0.486 e. The summed E-state index contributed by atoms with van der Waals surface area (Å²) in [6, 6.07) is 5.50. The molecular formula is C28H41NO7. The highest BCUT2D eigenvalue weighted by Crippen LogP contribution is 2.38. The first kappa shape index (κ1) is 28.0. The molecule has 1 fully saturated rings. The lowest BCUT2D eigenvalue weighted by molar-refractivity contribution is -0.156. The SMILES string of the molecule is CCCCCCCC(=O)C[C@H](CN1CCCC1)[C@H](OC(=O)CCC(=O)O)c1ccc2c(c1)OCCO2. The number of unbranched alkanes of at least 4 members (excludes halogenated alkanes) is 4. The number of carbonyl (C=O) groups is 3. The van der Waals surface area contributed by atoms with Crippen molar-refractivity contribution in [3.8, 4) is 11.5 Å². The van der Waals surface area contributed by atoms with E-state index in [0.29, 0.717) is 44.1 Å². The van der Waals surface area contributed by atoms with Gasteiger partial charge in [0.25, 0.3) is 0 Å². The molecule has 0 aliphatic carbocycles. The van der Waals surface area contributed by atoms with Crippen molar-refractivity contribution in [2.45, 2.75) is 83.7 Å². The first-order valence-electron chi connectivity index (χ1n) is 13.5. The van der Waals surface area contributed by atoms with Gasteiger partial charge in [0.05, 0.1) is 12.8 Å². The van der Waals surface area contributed by atoms with Crippen LogP contribution in [0.25, 0.3) is 0 Å². The number of aliphatic carboxylic acids is 1. The number of benzene rings is 1. The van der Waals surface area contributed by atoms with Crippen molar-refractivity contribution in [3.63, 3.8) is 0 Å². The molecular weight excluding hydrogens is 462 g/mol. The molecule has 8 nitrogen and oxygen atoms in total. The Morgan fingerprint density at radius 2 is 1.69 bits per heavy atom. The zero-order valence-corrected chi connectivity index (χ0v) is 21.5. The number of carboxylic acid groups (broad SMARTS) is 1. The summed E-state index contributed by atoms with van der Waals surface area (Å²) in [4.78, 5) is 39.1. The average molecular weight is 504 g/mol. The number of ketones is 1. The van der Waals surface area contributed by atoms with E-state index in [2.05, 4.69) is 11.8 Å². The number of carbonyl (C=O) groups excluding carboxylic acids is 2. The van der Waals surface area contributed by atoms with Crippen LogP contribution in [0, 0.1) is 5.92 Å². The van der Waals surface area contributed by atoms with Gasteiger partial charge in [-0.3, -0.25) is 14.4 Å². The van der Waals surface area contributed by atoms with E-state index >= 15 is 0 Å². The molecule has 2 aliphatic rings. The van der Waals surface area contributed by atoms with Crippen LogP contribution >= 0.6 is 0 Å². The molecule has 0 spiro atoms. The summed E-state index contributed by atoms with van der Waals surface area (Å²) in [6.07, 6.45) is 7.31. The highest BCUT2D eigenvalue weighted by atomic mass is 16.6. The van der Waals surface area contributed by atoms with E-state index in [-0.39, 0.29) is 24.5 Å².